The van der Waals surface area contributed by atoms with Gasteiger partial charge < -0.3 is 9.47 Å². The minimum absolute atomic E-state index is 0.334. The molecule has 0 bridgehead atoms. The molecule has 72 valence electrons. The van der Waals surface area contributed by atoms with Crippen LogP contribution in [-0.4, -0.2) is 25.9 Å². The van der Waals surface area contributed by atoms with E-state index in [1.54, 1.807) is 0 Å². The molecule has 2 unspecified atom stereocenters. The van der Waals surface area contributed by atoms with Gasteiger partial charge in [-0.15, -0.1) is 0 Å². The van der Waals surface area contributed by atoms with E-state index >= 15 is 0 Å². The highest BCUT2D eigenvalue weighted by Gasteiger charge is 2.21. The summed E-state index contributed by atoms with van der Waals surface area (Å²) in [5, 5.41) is 0. The summed E-state index contributed by atoms with van der Waals surface area (Å²) in [4.78, 5) is 0. The summed E-state index contributed by atoms with van der Waals surface area (Å²) in [6.45, 7) is 9.08. The van der Waals surface area contributed by atoms with Crippen molar-refractivity contribution in [1.29, 1.82) is 0 Å². The molecule has 0 radical (unpaired) electrons. The fourth-order valence-electron chi connectivity index (χ4n) is 1.73. The molecule has 2 atom stereocenters. The van der Waals surface area contributed by atoms with Crippen molar-refractivity contribution in [3.63, 3.8) is 0 Å². The van der Waals surface area contributed by atoms with E-state index in [-0.39, 0.29) is 0 Å². The van der Waals surface area contributed by atoms with Crippen molar-refractivity contribution in [1.82, 2.24) is 0 Å². The zero-order valence-electron chi connectivity index (χ0n) is 8.38. The van der Waals surface area contributed by atoms with Gasteiger partial charge in [0.1, 0.15) is 0 Å². The van der Waals surface area contributed by atoms with Crippen LogP contribution in [0.25, 0.3) is 0 Å². The Morgan fingerprint density at radius 2 is 2.00 bits per heavy atom. The van der Waals surface area contributed by atoms with E-state index in [9.17, 15) is 0 Å². The fourth-order valence-corrected chi connectivity index (χ4v) is 1.73. The number of ether oxygens (including phenoxy) is 2. The minimum Gasteiger partial charge on any atom is -0.376 e. The van der Waals surface area contributed by atoms with Crippen LogP contribution < -0.4 is 0 Å². The third-order valence-corrected chi connectivity index (χ3v) is 2.32. The molecule has 2 heteroatoms. The standard InChI is InChI=1S/C10H20O2/c1-8(2)6-9(3)10-7-11-4-5-12-10/h8-10H,4-7H2,1-3H3. The first kappa shape index (κ1) is 10.0. The molecule has 0 saturated carbocycles. The number of hydrogen-bond donors (Lipinski definition) is 0. The first-order valence-corrected chi connectivity index (χ1v) is 4.89. The molecular weight excluding hydrogens is 152 g/mol. The summed E-state index contributed by atoms with van der Waals surface area (Å²) in [7, 11) is 0. The minimum atomic E-state index is 0.334. The Morgan fingerprint density at radius 3 is 2.50 bits per heavy atom. The van der Waals surface area contributed by atoms with Gasteiger partial charge in [-0.05, 0) is 18.3 Å². The molecule has 0 aromatic heterocycles. The third-order valence-electron chi connectivity index (χ3n) is 2.32. The van der Waals surface area contributed by atoms with Crippen molar-refractivity contribution < 1.29 is 9.47 Å². The summed E-state index contributed by atoms with van der Waals surface area (Å²) in [6.07, 6.45) is 1.56. The third kappa shape index (κ3) is 3.11. The van der Waals surface area contributed by atoms with Gasteiger partial charge in [0, 0.05) is 0 Å². The second kappa shape index (κ2) is 4.83. The van der Waals surface area contributed by atoms with Gasteiger partial charge in [0.15, 0.2) is 0 Å². The van der Waals surface area contributed by atoms with Gasteiger partial charge in [0.2, 0.25) is 0 Å². The molecule has 1 aliphatic heterocycles. The van der Waals surface area contributed by atoms with Crippen molar-refractivity contribution in [2.45, 2.75) is 33.3 Å². The summed E-state index contributed by atoms with van der Waals surface area (Å²) >= 11 is 0. The Balaban J connectivity index is 2.24. The number of hydrogen-bond acceptors (Lipinski definition) is 2. The molecule has 0 aromatic carbocycles. The average molecular weight is 172 g/mol. The number of rotatable bonds is 3. The van der Waals surface area contributed by atoms with Gasteiger partial charge in [-0.3, -0.25) is 0 Å². The van der Waals surface area contributed by atoms with Crippen LogP contribution in [0.4, 0.5) is 0 Å². The molecule has 1 rings (SSSR count). The van der Waals surface area contributed by atoms with Crippen LogP contribution in [0.2, 0.25) is 0 Å². The quantitative estimate of drug-likeness (QED) is 0.649. The highest BCUT2D eigenvalue weighted by molar-refractivity contribution is 4.69. The Morgan fingerprint density at radius 1 is 1.25 bits per heavy atom. The fraction of sp³-hybridized carbons (Fsp3) is 1.00. The van der Waals surface area contributed by atoms with E-state index in [0.717, 1.165) is 25.7 Å². The van der Waals surface area contributed by atoms with Gasteiger partial charge in [0.25, 0.3) is 0 Å². The predicted molar refractivity (Wildman–Crippen MR) is 49.2 cm³/mol. The van der Waals surface area contributed by atoms with Crippen molar-refractivity contribution in [2.24, 2.45) is 11.8 Å². The molecule has 1 saturated heterocycles. The summed E-state index contributed by atoms with van der Waals surface area (Å²) in [6, 6.07) is 0. The average Bonchev–Trinajstić information content (AvgIpc) is 2.05. The Bertz CT molecular complexity index is 117. The summed E-state index contributed by atoms with van der Waals surface area (Å²) in [5.74, 6) is 1.39. The maximum atomic E-state index is 5.62. The lowest BCUT2D eigenvalue weighted by molar-refractivity contribution is -0.110. The lowest BCUT2D eigenvalue weighted by Gasteiger charge is -2.29. The molecule has 0 N–H and O–H groups in total. The molecular formula is C10H20O2. The van der Waals surface area contributed by atoms with Crippen LogP contribution in [0.1, 0.15) is 27.2 Å². The van der Waals surface area contributed by atoms with Crippen molar-refractivity contribution in [2.75, 3.05) is 19.8 Å². The Hall–Kier alpha value is -0.0800. The first-order valence-electron chi connectivity index (χ1n) is 4.89. The van der Waals surface area contributed by atoms with Crippen molar-refractivity contribution in [3.05, 3.63) is 0 Å². The largest absolute Gasteiger partial charge is 0.376 e. The smallest absolute Gasteiger partial charge is 0.0835 e. The van der Waals surface area contributed by atoms with Gasteiger partial charge in [0.05, 0.1) is 25.9 Å². The van der Waals surface area contributed by atoms with Gasteiger partial charge in [-0.1, -0.05) is 20.8 Å². The molecule has 2 nitrogen and oxygen atoms in total. The lowest BCUT2D eigenvalue weighted by atomic mass is 9.94. The van der Waals surface area contributed by atoms with Crippen LogP contribution in [0.5, 0.6) is 0 Å². The van der Waals surface area contributed by atoms with E-state index < -0.39 is 0 Å². The molecule has 0 aromatic rings. The first-order chi connectivity index (χ1) is 5.70. The maximum Gasteiger partial charge on any atom is 0.0835 e. The Labute approximate surface area is 75.2 Å². The van der Waals surface area contributed by atoms with Gasteiger partial charge >= 0.3 is 0 Å². The molecule has 0 spiro atoms. The predicted octanol–water partition coefficient (Wildman–Crippen LogP) is 2.08. The zero-order valence-corrected chi connectivity index (χ0v) is 8.38. The Kier molecular flexibility index (Phi) is 4.02. The topological polar surface area (TPSA) is 18.5 Å². The molecule has 1 fully saturated rings. The highest BCUT2D eigenvalue weighted by Crippen LogP contribution is 2.19. The maximum absolute atomic E-state index is 5.62. The van der Waals surface area contributed by atoms with Crippen LogP contribution in [0.3, 0.4) is 0 Å². The second-order valence-corrected chi connectivity index (χ2v) is 4.09. The normalized spacial score (nSPS) is 27.5. The molecule has 1 heterocycles. The van der Waals surface area contributed by atoms with Crippen LogP contribution >= 0.6 is 0 Å². The molecule has 0 aliphatic carbocycles. The van der Waals surface area contributed by atoms with Crippen LogP contribution in [0.15, 0.2) is 0 Å². The molecule has 0 amide bonds. The van der Waals surface area contributed by atoms with E-state index in [2.05, 4.69) is 20.8 Å². The monoisotopic (exact) mass is 172 g/mol. The highest BCUT2D eigenvalue weighted by atomic mass is 16.6. The molecule has 1 aliphatic rings. The second-order valence-electron chi connectivity index (χ2n) is 4.09. The van der Waals surface area contributed by atoms with E-state index in [1.165, 1.54) is 6.42 Å². The lowest BCUT2D eigenvalue weighted by Crippen LogP contribution is -2.34. The van der Waals surface area contributed by atoms with Crippen molar-refractivity contribution >= 4 is 0 Å². The van der Waals surface area contributed by atoms with E-state index in [1.807, 2.05) is 0 Å². The zero-order chi connectivity index (χ0) is 8.97. The SMILES string of the molecule is CC(C)CC(C)C1COCCO1. The van der Waals surface area contributed by atoms with Crippen LogP contribution in [0, 0.1) is 11.8 Å². The van der Waals surface area contributed by atoms with Crippen molar-refractivity contribution in [3.8, 4) is 0 Å². The van der Waals surface area contributed by atoms with Gasteiger partial charge in [-0.2, -0.15) is 0 Å². The van der Waals surface area contributed by atoms with Crippen LogP contribution in [-0.2, 0) is 9.47 Å². The van der Waals surface area contributed by atoms with E-state index in [0.29, 0.717) is 12.0 Å². The van der Waals surface area contributed by atoms with Gasteiger partial charge in [-0.25, -0.2) is 0 Å². The summed E-state index contributed by atoms with van der Waals surface area (Å²) in [5.41, 5.74) is 0. The summed E-state index contributed by atoms with van der Waals surface area (Å²) < 4.78 is 11.0. The molecule has 12 heavy (non-hydrogen) atoms. The van der Waals surface area contributed by atoms with E-state index in [4.69, 9.17) is 9.47 Å².